The quantitative estimate of drug-likeness (QED) is 0.481. The number of carbonyl (C=O) groups is 2. The van der Waals surface area contributed by atoms with Crippen molar-refractivity contribution in [1.82, 2.24) is 10.1 Å². The number of ether oxygens (including phenoxy) is 2. The average Bonchev–Trinajstić information content (AvgIpc) is 3.18. The Bertz CT molecular complexity index is 1150. The van der Waals surface area contributed by atoms with E-state index >= 15 is 0 Å². The van der Waals surface area contributed by atoms with Gasteiger partial charge in [-0.05, 0) is 49.4 Å². The molecule has 3 rings (SSSR count). The summed E-state index contributed by atoms with van der Waals surface area (Å²) in [4.78, 5) is 28.5. The number of hydrogen-bond donors (Lipinski definition) is 1. The van der Waals surface area contributed by atoms with Crippen molar-refractivity contribution in [3.8, 4) is 5.75 Å². The van der Waals surface area contributed by atoms with Gasteiger partial charge in [-0.15, -0.1) is 0 Å². The summed E-state index contributed by atoms with van der Waals surface area (Å²) in [5.41, 5.74) is -1.09. The van der Waals surface area contributed by atoms with Crippen molar-refractivity contribution in [3.05, 3.63) is 70.3 Å². The van der Waals surface area contributed by atoms with Crippen LogP contribution in [-0.4, -0.2) is 28.1 Å². The maximum Gasteiger partial charge on any atom is 0.417 e. The number of anilines is 1. The predicted octanol–water partition coefficient (Wildman–Crippen LogP) is 4.81. The second-order valence-electron chi connectivity index (χ2n) is 6.77. The van der Waals surface area contributed by atoms with Crippen molar-refractivity contribution >= 4 is 29.2 Å². The molecule has 0 fully saturated rings. The number of hydrogen-bond acceptors (Lipinski definition) is 7. The Morgan fingerprint density at radius 3 is 2.48 bits per heavy atom. The highest BCUT2D eigenvalue weighted by atomic mass is 35.5. The van der Waals surface area contributed by atoms with Crippen LogP contribution in [-0.2, 0) is 22.3 Å². The van der Waals surface area contributed by atoms with E-state index in [1.54, 1.807) is 6.92 Å². The summed E-state index contributed by atoms with van der Waals surface area (Å²) in [6.07, 6.45) is -5.96. The van der Waals surface area contributed by atoms with Gasteiger partial charge in [0.05, 0.1) is 16.1 Å². The number of amides is 1. The first-order valence-corrected chi connectivity index (χ1v) is 9.81. The van der Waals surface area contributed by atoms with Gasteiger partial charge in [-0.2, -0.15) is 18.2 Å². The van der Waals surface area contributed by atoms with Gasteiger partial charge in [0.25, 0.3) is 5.91 Å². The number of halogens is 4. The largest absolute Gasteiger partial charge is 0.485 e. The zero-order chi connectivity index (χ0) is 24.2. The monoisotopic (exact) mass is 483 g/mol. The van der Waals surface area contributed by atoms with Crippen LogP contribution in [0.3, 0.4) is 0 Å². The van der Waals surface area contributed by atoms with Gasteiger partial charge in [-0.1, -0.05) is 16.8 Å². The molecule has 12 heteroatoms. The SMILES string of the molecule is Cc1nc(COc2ccc(C(=O)O[C@H](C)C(=O)Nc3ccc(Cl)c(C(F)(F)F)c3)cc2)no1. The smallest absolute Gasteiger partial charge is 0.417 e. The van der Waals surface area contributed by atoms with Crippen LogP contribution < -0.4 is 10.1 Å². The third kappa shape index (κ3) is 6.45. The van der Waals surface area contributed by atoms with Gasteiger partial charge in [0.15, 0.2) is 12.7 Å². The summed E-state index contributed by atoms with van der Waals surface area (Å²) >= 11 is 5.56. The molecule has 0 aliphatic heterocycles. The van der Waals surface area contributed by atoms with Crippen LogP contribution >= 0.6 is 11.6 Å². The van der Waals surface area contributed by atoms with E-state index in [0.29, 0.717) is 23.5 Å². The Balaban J connectivity index is 1.55. The predicted molar refractivity (Wildman–Crippen MR) is 110 cm³/mol. The zero-order valence-corrected chi connectivity index (χ0v) is 18.0. The Morgan fingerprint density at radius 2 is 1.88 bits per heavy atom. The second kappa shape index (κ2) is 9.90. The van der Waals surface area contributed by atoms with Gasteiger partial charge >= 0.3 is 12.1 Å². The minimum Gasteiger partial charge on any atom is -0.485 e. The first kappa shape index (κ1) is 24.1. The van der Waals surface area contributed by atoms with Crippen molar-refractivity contribution in [1.29, 1.82) is 0 Å². The molecule has 33 heavy (non-hydrogen) atoms. The van der Waals surface area contributed by atoms with E-state index in [-0.39, 0.29) is 17.9 Å². The summed E-state index contributed by atoms with van der Waals surface area (Å²) in [5.74, 6) is -0.414. The molecule has 2 aromatic carbocycles. The molecule has 0 saturated carbocycles. The highest BCUT2D eigenvalue weighted by Crippen LogP contribution is 2.36. The highest BCUT2D eigenvalue weighted by Gasteiger charge is 2.33. The van der Waals surface area contributed by atoms with Gasteiger partial charge in [0.2, 0.25) is 11.7 Å². The van der Waals surface area contributed by atoms with Gasteiger partial charge < -0.3 is 19.3 Å². The molecule has 1 heterocycles. The molecule has 1 atom stereocenters. The van der Waals surface area contributed by atoms with Crippen molar-refractivity contribution in [3.63, 3.8) is 0 Å². The standard InChI is InChI=1S/C21H17ClF3N3O5/c1-11(19(29)27-14-5-8-17(22)16(9-14)21(23,24)25)32-20(30)13-3-6-15(7-4-13)31-10-18-26-12(2)33-28-18/h3-9,11H,10H2,1-2H3,(H,27,29)/t11-/m1/s1. The van der Waals surface area contributed by atoms with Crippen molar-refractivity contribution in [2.75, 3.05) is 5.32 Å². The lowest BCUT2D eigenvalue weighted by molar-refractivity contribution is -0.137. The summed E-state index contributed by atoms with van der Waals surface area (Å²) in [7, 11) is 0. The Hall–Kier alpha value is -3.60. The summed E-state index contributed by atoms with van der Waals surface area (Å²) in [6.45, 7) is 3.00. The molecule has 1 N–H and O–H groups in total. The van der Waals surface area contributed by atoms with Crippen LogP contribution in [0.5, 0.6) is 5.75 Å². The fourth-order valence-corrected chi connectivity index (χ4v) is 2.81. The fourth-order valence-electron chi connectivity index (χ4n) is 2.58. The number of alkyl halides is 3. The maximum absolute atomic E-state index is 13.0. The number of aromatic nitrogens is 2. The number of aryl methyl sites for hydroxylation is 1. The van der Waals surface area contributed by atoms with E-state index in [0.717, 1.165) is 6.07 Å². The van der Waals surface area contributed by atoms with Crippen LogP contribution in [0.15, 0.2) is 47.0 Å². The topological polar surface area (TPSA) is 104 Å². The molecule has 174 valence electrons. The zero-order valence-electron chi connectivity index (χ0n) is 17.3. The number of carbonyl (C=O) groups excluding carboxylic acids is 2. The van der Waals surface area contributed by atoms with Crippen LogP contribution in [0.4, 0.5) is 18.9 Å². The molecule has 0 aliphatic carbocycles. The third-order valence-corrected chi connectivity index (χ3v) is 4.55. The molecular formula is C21H17ClF3N3O5. The van der Waals surface area contributed by atoms with Gasteiger partial charge in [0.1, 0.15) is 5.75 Å². The van der Waals surface area contributed by atoms with Crippen LogP contribution in [0.25, 0.3) is 0 Å². The lowest BCUT2D eigenvalue weighted by Crippen LogP contribution is -2.30. The van der Waals surface area contributed by atoms with Crippen molar-refractivity contribution in [2.45, 2.75) is 32.7 Å². The molecule has 1 aromatic heterocycles. The number of esters is 1. The summed E-state index contributed by atoms with van der Waals surface area (Å²) in [6, 6.07) is 8.81. The number of nitrogens with zero attached hydrogens (tertiary/aromatic N) is 2. The summed E-state index contributed by atoms with van der Waals surface area (Å²) < 4.78 is 54.3. The average molecular weight is 484 g/mol. The molecule has 0 radical (unpaired) electrons. The van der Waals surface area contributed by atoms with Crippen molar-refractivity contribution in [2.24, 2.45) is 0 Å². The first-order chi connectivity index (χ1) is 15.5. The molecule has 0 spiro atoms. The van der Waals surface area contributed by atoms with Gasteiger partial charge in [-0.25, -0.2) is 4.79 Å². The van der Waals surface area contributed by atoms with E-state index in [4.69, 9.17) is 25.6 Å². The van der Waals surface area contributed by atoms with Crippen LogP contribution in [0.1, 0.15) is 34.6 Å². The molecule has 0 saturated heterocycles. The minimum absolute atomic E-state index is 0.0685. The highest BCUT2D eigenvalue weighted by molar-refractivity contribution is 6.31. The normalized spacial score (nSPS) is 12.2. The summed E-state index contributed by atoms with van der Waals surface area (Å²) in [5, 5.41) is 5.46. The molecule has 1 amide bonds. The van der Waals surface area contributed by atoms with E-state index in [9.17, 15) is 22.8 Å². The number of rotatable bonds is 7. The van der Waals surface area contributed by atoms with Crippen LogP contribution in [0.2, 0.25) is 5.02 Å². The van der Waals surface area contributed by atoms with E-state index < -0.39 is 34.7 Å². The Morgan fingerprint density at radius 1 is 1.18 bits per heavy atom. The number of benzene rings is 2. The first-order valence-electron chi connectivity index (χ1n) is 9.43. The van der Waals surface area contributed by atoms with E-state index in [1.165, 1.54) is 37.3 Å². The van der Waals surface area contributed by atoms with Crippen molar-refractivity contribution < 1.29 is 36.8 Å². The van der Waals surface area contributed by atoms with Gasteiger partial charge in [0, 0.05) is 12.6 Å². The Kier molecular flexibility index (Phi) is 7.22. The molecule has 0 unspecified atom stereocenters. The molecule has 8 nitrogen and oxygen atoms in total. The lowest BCUT2D eigenvalue weighted by atomic mass is 10.2. The molecule has 0 aliphatic rings. The molecule has 3 aromatic rings. The lowest BCUT2D eigenvalue weighted by Gasteiger charge is -2.15. The third-order valence-electron chi connectivity index (χ3n) is 4.22. The maximum atomic E-state index is 13.0. The van der Waals surface area contributed by atoms with E-state index in [2.05, 4.69) is 15.5 Å². The van der Waals surface area contributed by atoms with E-state index in [1.807, 2.05) is 0 Å². The fraction of sp³-hybridized carbons (Fsp3) is 0.238. The minimum atomic E-state index is -4.68. The van der Waals surface area contributed by atoms with Crippen LogP contribution in [0, 0.1) is 6.92 Å². The number of nitrogens with one attached hydrogen (secondary N) is 1. The molecule has 0 bridgehead atoms. The van der Waals surface area contributed by atoms with Gasteiger partial charge in [-0.3, -0.25) is 4.79 Å². The molecular weight excluding hydrogens is 467 g/mol. The second-order valence-corrected chi connectivity index (χ2v) is 7.18. The Labute approximate surface area is 190 Å².